The van der Waals surface area contributed by atoms with Crippen molar-refractivity contribution in [3.05, 3.63) is 22.4 Å². The van der Waals surface area contributed by atoms with E-state index in [1.807, 2.05) is 0 Å². The Balaban J connectivity index is 1.94. The zero-order chi connectivity index (χ0) is 9.36. The van der Waals surface area contributed by atoms with Crippen LogP contribution in [0.2, 0.25) is 0 Å². The van der Waals surface area contributed by atoms with Gasteiger partial charge in [-0.3, -0.25) is 0 Å². The molecule has 1 rings (SSSR count). The van der Waals surface area contributed by atoms with Crippen LogP contribution in [0.1, 0.15) is 5.56 Å². The van der Waals surface area contributed by atoms with Crippen molar-refractivity contribution >= 4 is 11.3 Å². The highest BCUT2D eigenvalue weighted by atomic mass is 32.1. The van der Waals surface area contributed by atoms with Gasteiger partial charge in [0.2, 0.25) is 0 Å². The van der Waals surface area contributed by atoms with Crippen molar-refractivity contribution in [2.24, 2.45) is 0 Å². The maximum absolute atomic E-state index is 5.09. The van der Waals surface area contributed by atoms with Gasteiger partial charge in [0.15, 0.2) is 0 Å². The minimum absolute atomic E-state index is 0.653. The SMILES string of the molecule is C#CCNCCNCc1ccsc1. The van der Waals surface area contributed by atoms with Crippen LogP contribution in [0.3, 0.4) is 0 Å². The van der Waals surface area contributed by atoms with Gasteiger partial charge in [-0.15, -0.1) is 6.42 Å². The van der Waals surface area contributed by atoms with E-state index in [0.717, 1.165) is 19.6 Å². The van der Waals surface area contributed by atoms with Gasteiger partial charge in [0.25, 0.3) is 0 Å². The molecule has 0 aliphatic heterocycles. The quantitative estimate of drug-likeness (QED) is 0.523. The smallest absolute Gasteiger partial charge is 0.0574 e. The molecule has 0 amide bonds. The van der Waals surface area contributed by atoms with Gasteiger partial charge in [-0.2, -0.15) is 11.3 Å². The van der Waals surface area contributed by atoms with Crippen LogP contribution in [0.4, 0.5) is 0 Å². The summed E-state index contributed by atoms with van der Waals surface area (Å²) in [6, 6.07) is 2.13. The lowest BCUT2D eigenvalue weighted by Gasteiger charge is -2.02. The molecule has 0 atom stereocenters. The molecule has 0 unspecified atom stereocenters. The van der Waals surface area contributed by atoms with Crippen LogP contribution in [-0.2, 0) is 6.54 Å². The summed E-state index contributed by atoms with van der Waals surface area (Å²) in [5.74, 6) is 2.53. The number of terminal acetylenes is 1. The Bertz CT molecular complexity index is 248. The molecule has 0 aromatic carbocycles. The Kier molecular flexibility index (Phi) is 5.27. The molecular formula is C10H14N2S. The number of rotatable bonds is 6. The topological polar surface area (TPSA) is 24.1 Å². The molecule has 0 bridgehead atoms. The van der Waals surface area contributed by atoms with Gasteiger partial charge < -0.3 is 10.6 Å². The molecule has 0 saturated carbocycles. The van der Waals surface area contributed by atoms with Crippen LogP contribution in [-0.4, -0.2) is 19.6 Å². The van der Waals surface area contributed by atoms with E-state index in [1.54, 1.807) is 11.3 Å². The minimum Gasteiger partial charge on any atom is -0.311 e. The van der Waals surface area contributed by atoms with E-state index < -0.39 is 0 Å². The number of nitrogens with one attached hydrogen (secondary N) is 2. The Morgan fingerprint density at radius 2 is 2.23 bits per heavy atom. The van der Waals surface area contributed by atoms with Crippen LogP contribution in [0, 0.1) is 12.3 Å². The highest BCUT2D eigenvalue weighted by Gasteiger charge is 1.90. The minimum atomic E-state index is 0.653. The van der Waals surface area contributed by atoms with Gasteiger partial charge in [-0.25, -0.2) is 0 Å². The molecule has 13 heavy (non-hydrogen) atoms. The van der Waals surface area contributed by atoms with E-state index in [2.05, 4.69) is 33.4 Å². The molecule has 0 aliphatic carbocycles. The van der Waals surface area contributed by atoms with Crippen molar-refractivity contribution in [1.29, 1.82) is 0 Å². The van der Waals surface area contributed by atoms with Crippen molar-refractivity contribution in [2.75, 3.05) is 19.6 Å². The highest BCUT2D eigenvalue weighted by Crippen LogP contribution is 2.04. The van der Waals surface area contributed by atoms with E-state index >= 15 is 0 Å². The van der Waals surface area contributed by atoms with Crippen molar-refractivity contribution in [2.45, 2.75) is 6.54 Å². The third-order valence-electron chi connectivity index (χ3n) is 1.61. The fourth-order valence-electron chi connectivity index (χ4n) is 0.963. The number of hydrogen-bond donors (Lipinski definition) is 2. The second-order valence-corrected chi connectivity index (χ2v) is 3.47. The van der Waals surface area contributed by atoms with Crippen molar-refractivity contribution in [3.8, 4) is 12.3 Å². The monoisotopic (exact) mass is 194 g/mol. The molecule has 0 fully saturated rings. The molecule has 1 aromatic heterocycles. The molecule has 1 aromatic rings. The highest BCUT2D eigenvalue weighted by molar-refractivity contribution is 7.07. The standard InChI is InChI=1S/C10H14N2S/c1-2-4-11-5-6-12-8-10-3-7-13-9-10/h1,3,7,9,11-12H,4-6,8H2. The molecule has 2 N–H and O–H groups in total. The Morgan fingerprint density at radius 3 is 2.92 bits per heavy atom. The summed E-state index contributed by atoms with van der Waals surface area (Å²) in [5, 5.41) is 10.7. The van der Waals surface area contributed by atoms with Crippen molar-refractivity contribution in [3.63, 3.8) is 0 Å². The van der Waals surface area contributed by atoms with Crippen LogP contribution >= 0.6 is 11.3 Å². The fourth-order valence-corrected chi connectivity index (χ4v) is 1.63. The molecule has 0 aliphatic rings. The molecule has 3 heteroatoms. The second-order valence-electron chi connectivity index (χ2n) is 2.69. The number of hydrogen-bond acceptors (Lipinski definition) is 3. The predicted octanol–water partition coefficient (Wildman–Crippen LogP) is 1.06. The molecule has 1 heterocycles. The zero-order valence-corrected chi connectivity index (χ0v) is 8.36. The van der Waals surface area contributed by atoms with Crippen LogP contribution < -0.4 is 10.6 Å². The lowest BCUT2D eigenvalue weighted by atomic mass is 10.3. The molecule has 70 valence electrons. The van der Waals surface area contributed by atoms with E-state index in [1.165, 1.54) is 5.56 Å². The van der Waals surface area contributed by atoms with Crippen molar-refractivity contribution in [1.82, 2.24) is 10.6 Å². The Labute approximate surface area is 83.4 Å². The van der Waals surface area contributed by atoms with E-state index in [0.29, 0.717) is 6.54 Å². The average Bonchev–Trinajstić information content (AvgIpc) is 2.63. The van der Waals surface area contributed by atoms with Crippen molar-refractivity contribution < 1.29 is 0 Å². The normalized spacial score (nSPS) is 9.77. The van der Waals surface area contributed by atoms with Crippen LogP contribution in [0.5, 0.6) is 0 Å². The predicted molar refractivity (Wildman–Crippen MR) is 57.7 cm³/mol. The first-order chi connectivity index (χ1) is 6.43. The first-order valence-corrected chi connectivity index (χ1v) is 5.23. The van der Waals surface area contributed by atoms with Gasteiger partial charge in [0.1, 0.15) is 0 Å². The molecule has 2 nitrogen and oxygen atoms in total. The summed E-state index contributed by atoms with van der Waals surface area (Å²) < 4.78 is 0. The first kappa shape index (κ1) is 10.3. The summed E-state index contributed by atoms with van der Waals surface area (Å²) in [4.78, 5) is 0. The average molecular weight is 194 g/mol. The van der Waals surface area contributed by atoms with Gasteiger partial charge in [-0.05, 0) is 22.4 Å². The van der Waals surface area contributed by atoms with Gasteiger partial charge in [-0.1, -0.05) is 5.92 Å². The molecular weight excluding hydrogens is 180 g/mol. The van der Waals surface area contributed by atoms with E-state index in [9.17, 15) is 0 Å². The van der Waals surface area contributed by atoms with Gasteiger partial charge in [0.05, 0.1) is 6.54 Å². The van der Waals surface area contributed by atoms with E-state index in [-0.39, 0.29) is 0 Å². The summed E-state index contributed by atoms with van der Waals surface area (Å²) in [7, 11) is 0. The molecule has 0 saturated heterocycles. The fraction of sp³-hybridized carbons (Fsp3) is 0.400. The Morgan fingerprint density at radius 1 is 1.38 bits per heavy atom. The second kappa shape index (κ2) is 6.67. The maximum atomic E-state index is 5.09. The summed E-state index contributed by atoms with van der Waals surface area (Å²) in [6.07, 6.45) is 5.09. The maximum Gasteiger partial charge on any atom is 0.0574 e. The molecule has 0 spiro atoms. The third-order valence-corrected chi connectivity index (χ3v) is 2.35. The molecule has 0 radical (unpaired) electrons. The Hall–Kier alpha value is -0.820. The largest absolute Gasteiger partial charge is 0.311 e. The van der Waals surface area contributed by atoms with Gasteiger partial charge >= 0.3 is 0 Å². The lowest BCUT2D eigenvalue weighted by Crippen LogP contribution is -2.27. The zero-order valence-electron chi connectivity index (χ0n) is 7.55. The van der Waals surface area contributed by atoms with E-state index in [4.69, 9.17) is 6.42 Å². The third kappa shape index (κ3) is 4.69. The van der Waals surface area contributed by atoms with Crippen LogP contribution in [0.25, 0.3) is 0 Å². The summed E-state index contributed by atoms with van der Waals surface area (Å²) >= 11 is 1.73. The summed E-state index contributed by atoms with van der Waals surface area (Å²) in [5.41, 5.74) is 1.35. The van der Waals surface area contributed by atoms with Gasteiger partial charge in [0, 0.05) is 19.6 Å². The number of thiophene rings is 1. The summed E-state index contributed by atoms with van der Waals surface area (Å²) in [6.45, 7) is 3.48. The lowest BCUT2D eigenvalue weighted by molar-refractivity contribution is 0.639. The van der Waals surface area contributed by atoms with Crippen LogP contribution in [0.15, 0.2) is 16.8 Å². The first-order valence-electron chi connectivity index (χ1n) is 4.29.